The molecule has 0 radical (unpaired) electrons. The molecule has 0 aromatic heterocycles. The topological polar surface area (TPSA) is 156 Å². The maximum Gasteiger partial charge on any atom is 0.335 e. The Bertz CT molecular complexity index is 213. The van der Waals surface area contributed by atoms with Gasteiger partial charge in [0, 0.05) is 0 Å². The normalized spacial score (nSPS) is 17.0. The van der Waals surface area contributed by atoms with Gasteiger partial charge in [-0.15, -0.1) is 0 Å². The zero-order chi connectivity index (χ0) is 11.5. The molecular formula is C6H15AlO8S. The molecule has 0 saturated heterocycles. The predicted octanol–water partition coefficient (Wildman–Crippen LogP) is -4.47. The summed E-state index contributed by atoms with van der Waals surface area (Å²) in [5.74, 6) is -3.68. The van der Waals surface area contributed by atoms with Crippen molar-refractivity contribution in [1.29, 1.82) is 0 Å². The Morgan fingerprint density at radius 2 is 0.938 bits per heavy atom. The van der Waals surface area contributed by atoms with Gasteiger partial charge in [0.1, 0.15) is 12.2 Å². The van der Waals surface area contributed by atoms with Crippen LogP contribution in [-0.2, 0) is 9.59 Å². The summed E-state index contributed by atoms with van der Waals surface area (Å²) in [5, 5.41) is 51.5. The Morgan fingerprint density at radius 3 is 1.06 bits per heavy atom. The monoisotopic (exact) mass is 274 g/mol. The summed E-state index contributed by atoms with van der Waals surface area (Å²) in [6.45, 7) is 0. The average Bonchev–Trinajstić information content (AvgIpc) is 2.12. The SMILES string of the molecule is O=C(O)C(O)C(O)C(O)C(O)C(=O)O.S.[AlH3]. The van der Waals surface area contributed by atoms with Crippen molar-refractivity contribution in [3.63, 3.8) is 0 Å². The Morgan fingerprint density at radius 1 is 0.750 bits per heavy atom. The summed E-state index contributed by atoms with van der Waals surface area (Å²) in [6, 6.07) is 0. The first-order chi connectivity index (χ1) is 6.29. The number of aliphatic carboxylic acids is 2. The van der Waals surface area contributed by atoms with E-state index in [0.29, 0.717) is 0 Å². The second kappa shape index (κ2) is 8.77. The molecule has 8 nitrogen and oxygen atoms in total. The number of hydrogen-bond donors (Lipinski definition) is 6. The van der Waals surface area contributed by atoms with Crippen LogP contribution in [0.3, 0.4) is 0 Å². The third-order valence-corrected chi connectivity index (χ3v) is 1.50. The van der Waals surface area contributed by atoms with Crippen molar-refractivity contribution in [2.24, 2.45) is 0 Å². The largest absolute Gasteiger partial charge is 0.479 e. The Kier molecular flexibility index (Phi) is 11.5. The number of aliphatic hydroxyl groups is 4. The Hall–Kier alpha value is -0.338. The lowest BCUT2D eigenvalue weighted by Crippen LogP contribution is -2.49. The summed E-state index contributed by atoms with van der Waals surface area (Å²) in [5.41, 5.74) is 0. The number of aliphatic hydroxyl groups excluding tert-OH is 4. The van der Waals surface area contributed by atoms with Gasteiger partial charge in [0.25, 0.3) is 0 Å². The van der Waals surface area contributed by atoms with Gasteiger partial charge in [-0.2, -0.15) is 13.5 Å². The third-order valence-electron chi connectivity index (χ3n) is 1.50. The molecular weight excluding hydrogens is 259 g/mol. The first-order valence-electron chi connectivity index (χ1n) is 3.47. The van der Waals surface area contributed by atoms with E-state index >= 15 is 0 Å². The molecule has 4 atom stereocenters. The van der Waals surface area contributed by atoms with Gasteiger partial charge in [0.05, 0.1) is 0 Å². The highest BCUT2D eigenvalue weighted by Crippen LogP contribution is 2.05. The smallest absolute Gasteiger partial charge is 0.335 e. The summed E-state index contributed by atoms with van der Waals surface area (Å²) >= 11 is 0. The van der Waals surface area contributed by atoms with Gasteiger partial charge in [0.2, 0.25) is 0 Å². The van der Waals surface area contributed by atoms with Crippen LogP contribution in [0.4, 0.5) is 0 Å². The van der Waals surface area contributed by atoms with Crippen LogP contribution in [-0.4, -0.2) is 84.4 Å². The lowest BCUT2D eigenvalue weighted by atomic mass is 10.0. The van der Waals surface area contributed by atoms with Crippen LogP contribution in [0.2, 0.25) is 0 Å². The van der Waals surface area contributed by atoms with Gasteiger partial charge in [-0.3, -0.25) is 0 Å². The molecule has 0 aromatic carbocycles. The second-order valence-corrected chi connectivity index (χ2v) is 2.55. The van der Waals surface area contributed by atoms with Crippen molar-refractivity contribution in [1.82, 2.24) is 0 Å². The molecule has 0 bridgehead atoms. The summed E-state index contributed by atoms with van der Waals surface area (Å²) in [7, 11) is 0. The molecule has 4 unspecified atom stereocenters. The number of rotatable bonds is 5. The minimum Gasteiger partial charge on any atom is -0.479 e. The van der Waals surface area contributed by atoms with Gasteiger partial charge in [-0.05, 0) is 0 Å². The van der Waals surface area contributed by atoms with Crippen LogP contribution in [0.15, 0.2) is 0 Å². The molecule has 0 aliphatic heterocycles. The average molecular weight is 274 g/mol. The Balaban J connectivity index is -0.000000845. The molecule has 0 rings (SSSR count). The van der Waals surface area contributed by atoms with E-state index in [2.05, 4.69) is 0 Å². The first kappa shape index (κ1) is 21.0. The van der Waals surface area contributed by atoms with E-state index in [-0.39, 0.29) is 30.9 Å². The fraction of sp³-hybridized carbons (Fsp3) is 0.667. The van der Waals surface area contributed by atoms with Crippen molar-refractivity contribution < 1.29 is 40.2 Å². The molecule has 6 N–H and O–H groups in total. The number of carboxylic acid groups (broad SMARTS) is 2. The Labute approximate surface area is 108 Å². The van der Waals surface area contributed by atoms with Crippen LogP contribution in [0.5, 0.6) is 0 Å². The van der Waals surface area contributed by atoms with E-state index in [4.69, 9.17) is 30.6 Å². The molecule has 16 heavy (non-hydrogen) atoms. The van der Waals surface area contributed by atoms with Crippen LogP contribution in [0.1, 0.15) is 0 Å². The molecule has 0 spiro atoms. The van der Waals surface area contributed by atoms with E-state index in [0.717, 1.165) is 0 Å². The highest BCUT2D eigenvalue weighted by Gasteiger charge is 2.37. The zero-order valence-electron chi connectivity index (χ0n) is 7.31. The van der Waals surface area contributed by atoms with Gasteiger partial charge in [-0.25, -0.2) is 9.59 Å². The van der Waals surface area contributed by atoms with E-state index in [9.17, 15) is 9.59 Å². The predicted molar refractivity (Wildman–Crippen MR) is 59.6 cm³/mol. The number of carbonyl (C=O) groups is 2. The van der Waals surface area contributed by atoms with E-state index in [1.165, 1.54) is 0 Å². The van der Waals surface area contributed by atoms with Crippen molar-refractivity contribution in [2.75, 3.05) is 0 Å². The molecule has 0 heterocycles. The summed E-state index contributed by atoms with van der Waals surface area (Å²) < 4.78 is 0. The molecule has 0 amide bonds. The third kappa shape index (κ3) is 5.67. The van der Waals surface area contributed by atoms with Gasteiger partial charge < -0.3 is 30.6 Å². The molecule has 0 aromatic rings. The minimum atomic E-state index is -2.36. The molecule has 0 aliphatic carbocycles. The number of carboxylic acids is 2. The van der Waals surface area contributed by atoms with Crippen molar-refractivity contribution in [2.45, 2.75) is 24.4 Å². The van der Waals surface area contributed by atoms with Crippen LogP contribution < -0.4 is 0 Å². The highest BCUT2D eigenvalue weighted by atomic mass is 32.1. The van der Waals surface area contributed by atoms with E-state index in [1.54, 1.807) is 0 Å². The standard InChI is InChI=1S/C6H10O8.Al.H2S.3H/c7-1(3(9)5(11)12)2(8)4(10)6(13)14;;;;;/h1-4,7-10H,(H,11,12)(H,13,14);;1H2;;;. The fourth-order valence-corrected chi connectivity index (χ4v) is 0.666. The summed E-state index contributed by atoms with van der Waals surface area (Å²) in [6.07, 6.45) is -9.28. The quantitative estimate of drug-likeness (QED) is 0.274. The fourth-order valence-electron chi connectivity index (χ4n) is 0.666. The van der Waals surface area contributed by atoms with E-state index in [1.807, 2.05) is 0 Å². The van der Waals surface area contributed by atoms with E-state index < -0.39 is 36.4 Å². The molecule has 96 valence electrons. The summed E-state index contributed by atoms with van der Waals surface area (Å²) in [4.78, 5) is 20.2. The van der Waals surface area contributed by atoms with Crippen LogP contribution in [0.25, 0.3) is 0 Å². The highest BCUT2D eigenvalue weighted by molar-refractivity contribution is 7.59. The van der Waals surface area contributed by atoms with Gasteiger partial charge in [0.15, 0.2) is 29.6 Å². The molecule has 0 aliphatic rings. The molecule has 0 saturated carbocycles. The van der Waals surface area contributed by atoms with Crippen LogP contribution in [0, 0.1) is 0 Å². The zero-order valence-corrected chi connectivity index (χ0v) is 8.31. The lowest BCUT2D eigenvalue weighted by Gasteiger charge is -2.21. The van der Waals surface area contributed by atoms with Crippen molar-refractivity contribution >= 4 is 42.8 Å². The van der Waals surface area contributed by atoms with Gasteiger partial charge >= 0.3 is 11.9 Å². The first-order valence-corrected chi connectivity index (χ1v) is 3.47. The second-order valence-electron chi connectivity index (χ2n) is 2.55. The lowest BCUT2D eigenvalue weighted by molar-refractivity contribution is -0.172. The van der Waals surface area contributed by atoms with Gasteiger partial charge in [-0.1, -0.05) is 0 Å². The van der Waals surface area contributed by atoms with Crippen molar-refractivity contribution in [3.8, 4) is 0 Å². The molecule has 10 heteroatoms. The minimum absolute atomic E-state index is 0. The number of hydrogen-bond acceptors (Lipinski definition) is 6. The molecule has 0 fully saturated rings. The maximum absolute atomic E-state index is 10.1. The van der Waals surface area contributed by atoms with Crippen LogP contribution >= 0.6 is 13.5 Å². The maximum atomic E-state index is 10.1. The van der Waals surface area contributed by atoms with Crippen molar-refractivity contribution in [3.05, 3.63) is 0 Å².